The van der Waals surface area contributed by atoms with E-state index in [0.717, 1.165) is 4.47 Å². The third-order valence-electron chi connectivity index (χ3n) is 2.54. The Balaban J connectivity index is 2.29. The maximum Gasteiger partial charge on any atom is 0.344 e. The molecular weight excluding hydrogens is 392 g/mol. The van der Waals surface area contributed by atoms with Crippen LogP contribution in [-0.2, 0) is 19.1 Å². The van der Waals surface area contributed by atoms with Crippen molar-refractivity contribution in [1.29, 1.82) is 0 Å². The lowest BCUT2D eigenvalue weighted by Gasteiger charge is -2.11. The number of halogens is 2. The lowest BCUT2D eigenvalue weighted by molar-refractivity contribution is -0.150. The lowest BCUT2D eigenvalue weighted by atomic mass is 10.3. The Morgan fingerprint density at radius 3 is 2.57 bits per heavy atom. The molecule has 0 aliphatic rings. The lowest BCUT2D eigenvalue weighted by Crippen LogP contribution is -2.38. The van der Waals surface area contributed by atoms with Gasteiger partial charge in [-0.05, 0) is 18.2 Å². The first-order valence-electron chi connectivity index (χ1n) is 6.50. The van der Waals surface area contributed by atoms with E-state index in [9.17, 15) is 14.4 Å². The number of nitrogens with zero attached hydrogens (tertiary/aromatic N) is 1. The van der Waals surface area contributed by atoms with Gasteiger partial charge in [0.2, 0.25) is 5.91 Å². The predicted octanol–water partition coefficient (Wildman–Crippen LogP) is 1.23. The van der Waals surface area contributed by atoms with Crippen molar-refractivity contribution >= 4 is 45.3 Å². The monoisotopic (exact) mass is 406 g/mol. The van der Waals surface area contributed by atoms with Crippen molar-refractivity contribution in [2.24, 2.45) is 0 Å². The van der Waals surface area contributed by atoms with Crippen molar-refractivity contribution in [3.63, 3.8) is 0 Å². The van der Waals surface area contributed by atoms with Crippen LogP contribution in [0.25, 0.3) is 0 Å². The van der Waals surface area contributed by atoms with Gasteiger partial charge in [0.05, 0.1) is 11.6 Å². The summed E-state index contributed by atoms with van der Waals surface area (Å²) in [5, 5.41) is 2.67. The molecule has 0 saturated carbocycles. The summed E-state index contributed by atoms with van der Waals surface area (Å²) in [6, 6.07) is 4.93. The molecule has 0 fully saturated rings. The van der Waals surface area contributed by atoms with Gasteiger partial charge in [-0.2, -0.15) is 0 Å². The van der Waals surface area contributed by atoms with Crippen LogP contribution in [0, 0.1) is 0 Å². The molecule has 1 aromatic carbocycles. The zero-order valence-corrected chi connectivity index (χ0v) is 14.9. The fourth-order valence-corrected chi connectivity index (χ4v) is 2.03. The molecule has 0 spiro atoms. The average molecular weight is 408 g/mol. The number of carbonyl (C=O) groups is 3. The van der Waals surface area contributed by atoms with Crippen LogP contribution in [0.5, 0.6) is 5.75 Å². The average Bonchev–Trinajstić information content (AvgIpc) is 2.49. The van der Waals surface area contributed by atoms with E-state index in [-0.39, 0.29) is 19.1 Å². The van der Waals surface area contributed by atoms with E-state index in [2.05, 4.69) is 21.2 Å². The van der Waals surface area contributed by atoms with Crippen LogP contribution in [0.1, 0.15) is 0 Å². The van der Waals surface area contributed by atoms with Crippen molar-refractivity contribution < 1.29 is 23.9 Å². The van der Waals surface area contributed by atoms with Crippen molar-refractivity contribution in [3.05, 3.63) is 27.7 Å². The molecule has 2 amide bonds. The van der Waals surface area contributed by atoms with E-state index >= 15 is 0 Å². The van der Waals surface area contributed by atoms with E-state index in [0.29, 0.717) is 10.8 Å². The number of likely N-dealkylation sites (N-methyl/N-ethyl adjacent to an activating group) is 1. The van der Waals surface area contributed by atoms with E-state index < -0.39 is 18.5 Å². The highest BCUT2D eigenvalue weighted by Crippen LogP contribution is 2.27. The Kier molecular flexibility index (Phi) is 7.84. The molecule has 0 radical (unpaired) electrons. The van der Waals surface area contributed by atoms with Gasteiger partial charge < -0.3 is 19.7 Å². The maximum atomic E-state index is 11.5. The third-order valence-corrected chi connectivity index (χ3v) is 3.33. The molecule has 9 heteroatoms. The normalized spacial score (nSPS) is 9.91. The van der Waals surface area contributed by atoms with Gasteiger partial charge in [0, 0.05) is 18.6 Å². The number of esters is 1. The third kappa shape index (κ3) is 7.34. The molecule has 0 bridgehead atoms. The Morgan fingerprint density at radius 2 is 1.96 bits per heavy atom. The highest BCUT2D eigenvalue weighted by Gasteiger charge is 2.11. The van der Waals surface area contributed by atoms with E-state index in [1.165, 1.54) is 4.90 Å². The Labute approximate surface area is 147 Å². The first-order valence-corrected chi connectivity index (χ1v) is 7.67. The topological polar surface area (TPSA) is 84.9 Å². The SMILES string of the molecule is CN(C)C(=O)CNC(=O)COC(=O)COc1ccc(Br)cc1Cl. The molecule has 1 N–H and O–H groups in total. The molecule has 0 atom stereocenters. The van der Waals surface area contributed by atoms with Gasteiger partial charge in [0.15, 0.2) is 13.2 Å². The Bertz CT molecular complexity index is 595. The number of rotatable bonds is 7. The van der Waals surface area contributed by atoms with E-state index in [1.807, 2.05) is 0 Å². The molecule has 0 saturated heterocycles. The first-order chi connectivity index (χ1) is 10.8. The van der Waals surface area contributed by atoms with Gasteiger partial charge in [-0.3, -0.25) is 9.59 Å². The van der Waals surface area contributed by atoms with Crippen molar-refractivity contribution in [3.8, 4) is 5.75 Å². The van der Waals surface area contributed by atoms with Crippen LogP contribution in [0.3, 0.4) is 0 Å². The maximum absolute atomic E-state index is 11.5. The molecule has 0 heterocycles. The highest BCUT2D eigenvalue weighted by molar-refractivity contribution is 9.10. The molecule has 0 aliphatic heterocycles. The van der Waals surface area contributed by atoms with Gasteiger partial charge >= 0.3 is 5.97 Å². The number of nitrogens with one attached hydrogen (secondary N) is 1. The van der Waals surface area contributed by atoms with Gasteiger partial charge in [-0.25, -0.2) is 4.79 Å². The fraction of sp³-hybridized carbons (Fsp3) is 0.357. The molecule has 7 nitrogen and oxygen atoms in total. The van der Waals surface area contributed by atoms with Crippen LogP contribution in [-0.4, -0.2) is 56.5 Å². The summed E-state index contributed by atoms with van der Waals surface area (Å²) in [5.41, 5.74) is 0. The molecule has 0 unspecified atom stereocenters. The van der Waals surface area contributed by atoms with Gasteiger partial charge in [0.1, 0.15) is 5.75 Å². The highest BCUT2D eigenvalue weighted by atomic mass is 79.9. The summed E-state index contributed by atoms with van der Waals surface area (Å²) in [6.45, 7) is -1.03. The van der Waals surface area contributed by atoms with E-state index in [1.54, 1.807) is 32.3 Å². The minimum Gasteiger partial charge on any atom is -0.480 e. The second kappa shape index (κ2) is 9.36. The molecule has 126 valence electrons. The molecule has 1 rings (SSSR count). The number of carbonyl (C=O) groups excluding carboxylic acids is 3. The van der Waals surface area contributed by atoms with Crippen molar-refractivity contribution in [1.82, 2.24) is 10.2 Å². The zero-order chi connectivity index (χ0) is 17.4. The zero-order valence-electron chi connectivity index (χ0n) is 12.6. The standard InChI is InChI=1S/C14H16BrClN2O5/c1-18(2)13(20)6-17-12(19)7-23-14(21)8-22-11-4-3-9(15)5-10(11)16/h3-5H,6-8H2,1-2H3,(H,17,19). The molecule has 0 aromatic heterocycles. The van der Waals surface area contributed by atoms with Crippen LogP contribution < -0.4 is 10.1 Å². The van der Waals surface area contributed by atoms with Crippen molar-refractivity contribution in [2.45, 2.75) is 0 Å². The molecule has 23 heavy (non-hydrogen) atoms. The van der Waals surface area contributed by atoms with Crippen LogP contribution in [0.4, 0.5) is 0 Å². The first kappa shape index (κ1) is 19.2. The minimum atomic E-state index is -0.724. The second-order valence-corrected chi connectivity index (χ2v) is 5.91. The minimum absolute atomic E-state index is 0.158. The van der Waals surface area contributed by atoms with Crippen LogP contribution in [0.2, 0.25) is 5.02 Å². The summed E-state index contributed by atoms with van der Waals surface area (Å²) in [7, 11) is 3.14. The van der Waals surface area contributed by atoms with Crippen LogP contribution >= 0.6 is 27.5 Å². The van der Waals surface area contributed by atoms with E-state index in [4.69, 9.17) is 21.1 Å². The number of hydrogen-bond donors (Lipinski definition) is 1. The number of ether oxygens (including phenoxy) is 2. The predicted molar refractivity (Wildman–Crippen MR) is 87.3 cm³/mol. The summed E-state index contributed by atoms with van der Waals surface area (Å²) in [5.74, 6) is -1.24. The number of amides is 2. The molecule has 0 aliphatic carbocycles. The summed E-state index contributed by atoms with van der Waals surface area (Å²) in [6.07, 6.45) is 0. The van der Waals surface area contributed by atoms with Crippen molar-refractivity contribution in [2.75, 3.05) is 33.9 Å². The number of benzene rings is 1. The molecular formula is C14H16BrClN2O5. The van der Waals surface area contributed by atoms with Crippen LogP contribution in [0.15, 0.2) is 22.7 Å². The largest absolute Gasteiger partial charge is 0.480 e. The Hall–Kier alpha value is -1.80. The molecule has 1 aromatic rings. The quantitative estimate of drug-likeness (QED) is 0.687. The van der Waals surface area contributed by atoms with Gasteiger partial charge in [-0.1, -0.05) is 27.5 Å². The fourth-order valence-electron chi connectivity index (χ4n) is 1.30. The Morgan fingerprint density at radius 1 is 1.26 bits per heavy atom. The summed E-state index contributed by atoms with van der Waals surface area (Å²) < 4.78 is 10.7. The summed E-state index contributed by atoms with van der Waals surface area (Å²) >= 11 is 9.18. The second-order valence-electron chi connectivity index (χ2n) is 4.59. The summed E-state index contributed by atoms with van der Waals surface area (Å²) in [4.78, 5) is 35.5. The van der Waals surface area contributed by atoms with Gasteiger partial charge in [-0.15, -0.1) is 0 Å². The van der Waals surface area contributed by atoms with Gasteiger partial charge in [0.25, 0.3) is 5.91 Å². The smallest absolute Gasteiger partial charge is 0.344 e. The number of hydrogen-bond acceptors (Lipinski definition) is 5.